The fourth-order valence-electron chi connectivity index (χ4n) is 3.32. The second-order valence-electron chi connectivity index (χ2n) is 6.24. The zero-order valence-corrected chi connectivity index (χ0v) is 14.1. The van der Waals surface area contributed by atoms with Crippen LogP contribution in [0.3, 0.4) is 0 Å². The molecule has 6 heteroatoms. The number of benzene rings is 1. The minimum atomic E-state index is -0.0643. The summed E-state index contributed by atoms with van der Waals surface area (Å²) < 4.78 is 1.95. The van der Waals surface area contributed by atoms with E-state index in [2.05, 4.69) is 16.3 Å². The minimum absolute atomic E-state index is 0.0375. The molecule has 4 rings (SSSR count). The minimum Gasteiger partial charge on any atom is -0.329 e. The van der Waals surface area contributed by atoms with Crippen LogP contribution >= 0.6 is 0 Å². The molecule has 0 unspecified atom stereocenters. The summed E-state index contributed by atoms with van der Waals surface area (Å²) in [6.45, 7) is 0.711. The number of hydrogen-bond acceptors (Lipinski definition) is 4. The maximum Gasteiger partial charge on any atom is 0.247 e. The maximum atomic E-state index is 12.7. The quantitative estimate of drug-likeness (QED) is 0.685. The number of rotatable bonds is 3. The van der Waals surface area contributed by atoms with Crippen molar-refractivity contribution < 1.29 is 4.79 Å². The van der Waals surface area contributed by atoms with Crippen LogP contribution in [0.25, 0.3) is 11.7 Å². The van der Waals surface area contributed by atoms with Crippen molar-refractivity contribution in [2.24, 2.45) is 0 Å². The molecule has 1 aliphatic heterocycles. The van der Waals surface area contributed by atoms with Crippen LogP contribution < -0.4 is 0 Å². The highest BCUT2D eigenvalue weighted by Gasteiger charge is 2.32. The summed E-state index contributed by atoms with van der Waals surface area (Å²) in [5.41, 5.74) is 2.28. The second-order valence-corrected chi connectivity index (χ2v) is 6.24. The lowest BCUT2D eigenvalue weighted by atomic mass is 10.1. The van der Waals surface area contributed by atoms with Crippen molar-refractivity contribution in [3.8, 4) is 6.07 Å². The van der Waals surface area contributed by atoms with Gasteiger partial charge in [0.15, 0.2) is 11.5 Å². The molecule has 0 saturated carbocycles. The first-order chi connectivity index (χ1) is 12.8. The molecular formula is C20H17N5O. The van der Waals surface area contributed by atoms with Gasteiger partial charge in [0.05, 0.1) is 17.7 Å². The van der Waals surface area contributed by atoms with E-state index in [4.69, 9.17) is 5.26 Å². The van der Waals surface area contributed by atoms with Crippen LogP contribution in [-0.4, -0.2) is 31.9 Å². The fraction of sp³-hybridized carbons (Fsp3) is 0.200. The Morgan fingerprint density at radius 2 is 2.04 bits per heavy atom. The largest absolute Gasteiger partial charge is 0.329 e. The Hall–Kier alpha value is -3.46. The first-order valence-corrected chi connectivity index (χ1v) is 8.55. The van der Waals surface area contributed by atoms with Gasteiger partial charge in [-0.1, -0.05) is 18.2 Å². The smallest absolute Gasteiger partial charge is 0.247 e. The lowest BCUT2D eigenvalue weighted by Gasteiger charge is -2.22. The van der Waals surface area contributed by atoms with Crippen LogP contribution in [0.2, 0.25) is 0 Å². The van der Waals surface area contributed by atoms with Crippen molar-refractivity contribution in [3.05, 3.63) is 71.7 Å². The molecule has 1 amide bonds. The summed E-state index contributed by atoms with van der Waals surface area (Å²) in [7, 11) is 0. The number of amides is 1. The normalized spacial score (nSPS) is 17.0. The van der Waals surface area contributed by atoms with Gasteiger partial charge < -0.3 is 4.90 Å². The maximum absolute atomic E-state index is 12.7. The molecular weight excluding hydrogens is 326 g/mol. The molecule has 3 aromatic rings. The molecule has 0 bridgehead atoms. The fourth-order valence-corrected chi connectivity index (χ4v) is 3.32. The zero-order valence-electron chi connectivity index (χ0n) is 14.1. The van der Waals surface area contributed by atoms with Gasteiger partial charge in [-0.3, -0.25) is 9.20 Å². The highest BCUT2D eigenvalue weighted by Crippen LogP contribution is 2.31. The molecule has 0 N–H and O–H groups in total. The Morgan fingerprint density at radius 3 is 2.85 bits per heavy atom. The van der Waals surface area contributed by atoms with Gasteiger partial charge >= 0.3 is 0 Å². The van der Waals surface area contributed by atoms with E-state index in [0.29, 0.717) is 12.1 Å². The van der Waals surface area contributed by atoms with Crippen LogP contribution in [0.1, 0.15) is 35.8 Å². The van der Waals surface area contributed by atoms with Gasteiger partial charge in [-0.25, -0.2) is 0 Å². The zero-order chi connectivity index (χ0) is 17.9. The third-order valence-corrected chi connectivity index (χ3v) is 4.63. The number of likely N-dealkylation sites (tertiary alicyclic amines) is 1. The van der Waals surface area contributed by atoms with Crippen LogP contribution in [0, 0.1) is 11.3 Å². The van der Waals surface area contributed by atoms with Crippen molar-refractivity contribution in [1.82, 2.24) is 19.5 Å². The third kappa shape index (κ3) is 2.95. The molecule has 0 radical (unpaired) electrons. The summed E-state index contributed by atoms with van der Waals surface area (Å²) in [6.07, 6.45) is 7.12. The van der Waals surface area contributed by atoms with E-state index in [0.717, 1.165) is 29.9 Å². The van der Waals surface area contributed by atoms with E-state index in [1.807, 2.05) is 45.8 Å². The van der Waals surface area contributed by atoms with Crippen LogP contribution in [0.15, 0.2) is 54.7 Å². The average molecular weight is 343 g/mol. The Morgan fingerprint density at radius 1 is 1.19 bits per heavy atom. The number of fused-ring (bicyclic) bond motifs is 1. The van der Waals surface area contributed by atoms with Gasteiger partial charge in [-0.15, -0.1) is 10.2 Å². The Kier molecular flexibility index (Phi) is 4.20. The van der Waals surface area contributed by atoms with Gasteiger partial charge in [-0.2, -0.15) is 5.26 Å². The number of nitriles is 1. The molecule has 0 aliphatic carbocycles. The SMILES string of the molecule is N#Cc1ccc(/C=C/C(=O)N2CCC[C@H]2c2nnc3ccccn23)cc1. The molecule has 1 fully saturated rings. The highest BCUT2D eigenvalue weighted by molar-refractivity contribution is 5.92. The summed E-state index contributed by atoms with van der Waals surface area (Å²) in [5, 5.41) is 17.4. The van der Waals surface area contributed by atoms with E-state index >= 15 is 0 Å². The first kappa shape index (κ1) is 16.0. The van der Waals surface area contributed by atoms with E-state index in [1.165, 1.54) is 0 Å². The molecule has 6 nitrogen and oxygen atoms in total. The van der Waals surface area contributed by atoms with Crippen LogP contribution in [0.5, 0.6) is 0 Å². The molecule has 1 saturated heterocycles. The number of aromatic nitrogens is 3. The first-order valence-electron chi connectivity index (χ1n) is 8.55. The highest BCUT2D eigenvalue weighted by atomic mass is 16.2. The summed E-state index contributed by atoms with van der Waals surface area (Å²) in [6, 6.07) is 14.9. The van der Waals surface area contributed by atoms with E-state index in [9.17, 15) is 4.79 Å². The standard InChI is InChI=1S/C20H17N5O/c21-14-16-8-6-15(7-9-16)10-11-19(26)24-13-3-4-17(24)20-23-22-18-5-1-2-12-25(18)20/h1-2,5-12,17H,3-4,13H2/b11-10+/t17-/m0/s1. The summed E-state index contributed by atoms with van der Waals surface area (Å²) >= 11 is 0. The predicted octanol–water partition coefficient (Wildman–Crippen LogP) is 2.98. The van der Waals surface area contributed by atoms with Crippen molar-refractivity contribution in [2.45, 2.75) is 18.9 Å². The molecule has 0 spiro atoms. The van der Waals surface area contributed by atoms with E-state index in [-0.39, 0.29) is 11.9 Å². The number of pyridine rings is 1. The topological polar surface area (TPSA) is 74.3 Å². The lowest BCUT2D eigenvalue weighted by molar-refractivity contribution is -0.127. The van der Waals surface area contributed by atoms with Crippen LogP contribution in [0.4, 0.5) is 0 Å². The molecule has 1 aromatic carbocycles. The Bertz CT molecular complexity index is 1010. The van der Waals surface area contributed by atoms with Gasteiger partial charge in [-0.05, 0) is 48.7 Å². The van der Waals surface area contributed by atoms with Gasteiger partial charge in [0, 0.05) is 18.8 Å². The van der Waals surface area contributed by atoms with E-state index < -0.39 is 0 Å². The number of carbonyl (C=O) groups is 1. The lowest BCUT2D eigenvalue weighted by Crippen LogP contribution is -2.30. The second kappa shape index (κ2) is 6.81. The van der Waals surface area contributed by atoms with Crippen LogP contribution in [-0.2, 0) is 4.79 Å². The molecule has 1 atom stereocenters. The van der Waals surface area contributed by atoms with Gasteiger partial charge in [0.25, 0.3) is 0 Å². The van der Waals surface area contributed by atoms with Crippen molar-refractivity contribution in [3.63, 3.8) is 0 Å². The Labute approximate surface area is 151 Å². The van der Waals surface area contributed by atoms with Crippen molar-refractivity contribution in [2.75, 3.05) is 6.54 Å². The summed E-state index contributed by atoms with van der Waals surface area (Å²) in [4.78, 5) is 14.6. The number of nitrogens with zero attached hydrogens (tertiary/aromatic N) is 5. The van der Waals surface area contributed by atoms with Crippen molar-refractivity contribution >= 4 is 17.6 Å². The van der Waals surface area contributed by atoms with Crippen molar-refractivity contribution in [1.29, 1.82) is 5.26 Å². The third-order valence-electron chi connectivity index (χ3n) is 4.63. The predicted molar refractivity (Wildman–Crippen MR) is 96.9 cm³/mol. The monoisotopic (exact) mass is 343 g/mol. The van der Waals surface area contributed by atoms with Gasteiger partial charge in [0.1, 0.15) is 0 Å². The Balaban J connectivity index is 1.55. The molecule has 1 aliphatic rings. The molecule has 3 heterocycles. The molecule has 26 heavy (non-hydrogen) atoms. The van der Waals surface area contributed by atoms with Gasteiger partial charge in [0.2, 0.25) is 5.91 Å². The summed E-state index contributed by atoms with van der Waals surface area (Å²) in [5.74, 6) is 0.766. The number of carbonyl (C=O) groups excluding carboxylic acids is 1. The molecule has 128 valence electrons. The average Bonchev–Trinajstić information content (AvgIpc) is 3.33. The van der Waals surface area contributed by atoms with E-state index in [1.54, 1.807) is 24.3 Å². The molecule has 2 aromatic heterocycles. The number of hydrogen-bond donors (Lipinski definition) is 0.